The van der Waals surface area contributed by atoms with Crippen molar-refractivity contribution in [2.24, 2.45) is 0 Å². The van der Waals surface area contributed by atoms with Crippen LogP contribution in [0.4, 0.5) is 5.69 Å². The molecule has 3 aliphatic rings. The van der Waals surface area contributed by atoms with E-state index in [1.165, 1.54) is 19.3 Å². The van der Waals surface area contributed by atoms with E-state index in [1.807, 2.05) is 34.9 Å². The summed E-state index contributed by atoms with van der Waals surface area (Å²) in [5, 5.41) is 0. The van der Waals surface area contributed by atoms with Crippen LogP contribution >= 0.6 is 11.8 Å². The van der Waals surface area contributed by atoms with Crippen LogP contribution in [-0.4, -0.2) is 23.3 Å². The molecule has 4 rings (SSSR count). The second-order valence-electron chi connectivity index (χ2n) is 5.56. The Hall–Kier alpha value is -1.36. The maximum Gasteiger partial charge on any atom is 0.238 e. The Balaban J connectivity index is 1.73. The average molecular weight is 291 g/mol. The third-order valence-electron chi connectivity index (χ3n) is 4.37. The lowest BCUT2D eigenvalue weighted by atomic mass is 9.93. The van der Waals surface area contributed by atoms with Crippen LogP contribution < -0.4 is 14.4 Å². The highest BCUT2D eigenvalue weighted by Gasteiger charge is 2.47. The normalized spacial score (nSPS) is 23.6. The summed E-state index contributed by atoms with van der Waals surface area (Å²) in [4.78, 5) is 14.4. The van der Waals surface area contributed by atoms with Crippen molar-refractivity contribution in [3.05, 3.63) is 18.2 Å². The van der Waals surface area contributed by atoms with E-state index in [2.05, 4.69) is 0 Å². The number of anilines is 1. The Morgan fingerprint density at radius 1 is 1.10 bits per heavy atom. The fourth-order valence-electron chi connectivity index (χ4n) is 3.43. The van der Waals surface area contributed by atoms with Gasteiger partial charge in [-0.25, -0.2) is 0 Å². The quantitative estimate of drug-likeness (QED) is 0.796. The number of hydrogen-bond donors (Lipinski definition) is 0. The van der Waals surface area contributed by atoms with E-state index >= 15 is 0 Å². The lowest BCUT2D eigenvalue weighted by Crippen LogP contribution is -2.45. The Labute approximate surface area is 122 Å². The first kappa shape index (κ1) is 12.4. The third-order valence-corrected chi connectivity index (χ3v) is 5.89. The largest absolute Gasteiger partial charge is 0.454 e. The minimum atomic E-state index is -0.0248. The van der Waals surface area contributed by atoms with Crippen molar-refractivity contribution < 1.29 is 14.3 Å². The van der Waals surface area contributed by atoms with Gasteiger partial charge in [-0.1, -0.05) is 19.3 Å². The van der Waals surface area contributed by atoms with Gasteiger partial charge in [-0.05, 0) is 25.0 Å². The zero-order valence-electron chi connectivity index (χ0n) is 11.3. The van der Waals surface area contributed by atoms with E-state index in [4.69, 9.17) is 9.47 Å². The fourth-order valence-corrected chi connectivity index (χ4v) is 4.86. The van der Waals surface area contributed by atoms with Crippen LogP contribution in [0.1, 0.15) is 32.1 Å². The van der Waals surface area contributed by atoms with E-state index in [-0.39, 0.29) is 17.6 Å². The average Bonchev–Trinajstić information content (AvgIpc) is 3.05. The van der Waals surface area contributed by atoms with Gasteiger partial charge in [0.1, 0.15) is 0 Å². The van der Waals surface area contributed by atoms with Crippen molar-refractivity contribution >= 4 is 23.4 Å². The van der Waals surface area contributed by atoms with Crippen molar-refractivity contribution in [1.82, 2.24) is 0 Å². The second kappa shape index (κ2) is 4.58. The molecule has 106 valence electrons. The molecule has 2 fully saturated rings. The van der Waals surface area contributed by atoms with Gasteiger partial charge in [0.25, 0.3) is 0 Å². The third kappa shape index (κ3) is 1.79. The Morgan fingerprint density at radius 3 is 2.75 bits per heavy atom. The molecular weight excluding hydrogens is 274 g/mol. The molecule has 4 nitrogen and oxygen atoms in total. The van der Waals surface area contributed by atoms with Crippen molar-refractivity contribution in [1.29, 1.82) is 0 Å². The Bertz CT molecular complexity index is 554. The van der Waals surface area contributed by atoms with Crippen LogP contribution in [0.15, 0.2) is 18.2 Å². The smallest absolute Gasteiger partial charge is 0.238 e. The molecular formula is C15H17NO3S. The summed E-state index contributed by atoms with van der Waals surface area (Å²) < 4.78 is 10.8. The molecule has 0 atom stereocenters. The number of amides is 1. The number of benzene rings is 1. The summed E-state index contributed by atoms with van der Waals surface area (Å²) in [5.41, 5.74) is 0.950. The summed E-state index contributed by atoms with van der Waals surface area (Å²) in [6.45, 7) is 0.270. The molecule has 2 heterocycles. The number of carbonyl (C=O) groups excluding carboxylic acids is 1. The number of ether oxygens (including phenoxy) is 2. The fraction of sp³-hybridized carbons (Fsp3) is 0.533. The standard InChI is InChI=1S/C15H17NO3S/c17-14-9-20-15(6-2-1-3-7-15)16(14)11-4-5-12-13(8-11)19-10-18-12/h4-5,8H,1-3,6-7,9-10H2. The molecule has 5 heteroatoms. The summed E-state index contributed by atoms with van der Waals surface area (Å²) in [7, 11) is 0. The highest BCUT2D eigenvalue weighted by atomic mass is 32.2. The van der Waals surface area contributed by atoms with Gasteiger partial charge in [-0.3, -0.25) is 9.69 Å². The maximum absolute atomic E-state index is 12.4. The van der Waals surface area contributed by atoms with Gasteiger partial charge in [0, 0.05) is 11.8 Å². The molecule has 2 aliphatic heterocycles. The molecule has 1 aliphatic carbocycles. The highest BCUT2D eigenvalue weighted by molar-refractivity contribution is 8.02. The van der Waals surface area contributed by atoms with Crippen LogP contribution in [0, 0.1) is 0 Å². The van der Waals surface area contributed by atoms with E-state index < -0.39 is 0 Å². The first-order valence-electron chi connectivity index (χ1n) is 7.15. The topological polar surface area (TPSA) is 38.8 Å². The van der Waals surface area contributed by atoms with Crippen molar-refractivity contribution in [3.63, 3.8) is 0 Å². The Kier molecular flexibility index (Phi) is 2.84. The van der Waals surface area contributed by atoms with Gasteiger partial charge in [0.2, 0.25) is 12.7 Å². The number of rotatable bonds is 1. The maximum atomic E-state index is 12.4. The molecule has 0 aromatic heterocycles. The minimum absolute atomic E-state index is 0.0248. The van der Waals surface area contributed by atoms with Gasteiger partial charge < -0.3 is 9.47 Å². The van der Waals surface area contributed by atoms with Gasteiger partial charge in [0.05, 0.1) is 10.6 Å². The number of thioether (sulfide) groups is 1. The van der Waals surface area contributed by atoms with Gasteiger partial charge >= 0.3 is 0 Å². The highest BCUT2D eigenvalue weighted by Crippen LogP contribution is 2.50. The van der Waals surface area contributed by atoms with Crippen LogP contribution in [-0.2, 0) is 4.79 Å². The van der Waals surface area contributed by atoms with Gasteiger partial charge in [-0.2, -0.15) is 0 Å². The number of nitrogens with zero attached hydrogens (tertiary/aromatic N) is 1. The lowest BCUT2D eigenvalue weighted by molar-refractivity contribution is -0.116. The molecule has 0 N–H and O–H groups in total. The summed E-state index contributed by atoms with van der Waals surface area (Å²) in [6.07, 6.45) is 5.89. The van der Waals surface area contributed by atoms with Crippen LogP contribution in [0.5, 0.6) is 11.5 Å². The van der Waals surface area contributed by atoms with Crippen LogP contribution in [0.25, 0.3) is 0 Å². The van der Waals surface area contributed by atoms with Crippen molar-refractivity contribution in [2.75, 3.05) is 17.4 Å². The number of fused-ring (bicyclic) bond motifs is 1. The monoisotopic (exact) mass is 291 g/mol. The molecule has 1 amide bonds. The summed E-state index contributed by atoms with van der Waals surface area (Å²) >= 11 is 1.81. The van der Waals surface area contributed by atoms with Gasteiger partial charge in [0.15, 0.2) is 11.5 Å². The SMILES string of the molecule is O=C1CSC2(CCCCC2)N1c1ccc2c(c1)OCO2. The zero-order valence-corrected chi connectivity index (χ0v) is 12.1. The van der Waals surface area contributed by atoms with Crippen LogP contribution in [0.3, 0.4) is 0 Å². The summed E-state index contributed by atoms with van der Waals surface area (Å²) in [5.74, 6) is 2.33. The van der Waals surface area contributed by atoms with E-state index in [0.29, 0.717) is 5.75 Å². The van der Waals surface area contributed by atoms with Gasteiger partial charge in [-0.15, -0.1) is 11.8 Å². The van der Waals surface area contributed by atoms with Crippen molar-refractivity contribution in [2.45, 2.75) is 37.0 Å². The minimum Gasteiger partial charge on any atom is -0.454 e. The number of hydrogen-bond acceptors (Lipinski definition) is 4. The van der Waals surface area contributed by atoms with E-state index in [1.54, 1.807) is 0 Å². The van der Waals surface area contributed by atoms with Crippen LogP contribution in [0.2, 0.25) is 0 Å². The predicted octanol–water partition coefficient (Wildman–Crippen LogP) is 3.16. The number of carbonyl (C=O) groups is 1. The molecule has 1 aromatic carbocycles. The first-order valence-corrected chi connectivity index (χ1v) is 8.14. The summed E-state index contributed by atoms with van der Waals surface area (Å²) in [6, 6.07) is 5.83. The molecule has 1 spiro atoms. The van der Waals surface area contributed by atoms with E-state index in [0.717, 1.165) is 30.0 Å². The van der Waals surface area contributed by atoms with E-state index in [9.17, 15) is 4.79 Å². The predicted molar refractivity (Wildman–Crippen MR) is 78.3 cm³/mol. The molecule has 0 unspecified atom stereocenters. The Morgan fingerprint density at radius 2 is 1.90 bits per heavy atom. The molecule has 0 radical (unpaired) electrons. The molecule has 1 saturated carbocycles. The molecule has 0 bridgehead atoms. The lowest BCUT2D eigenvalue weighted by Gasteiger charge is -2.40. The second-order valence-corrected chi connectivity index (χ2v) is 6.90. The first-order chi connectivity index (χ1) is 9.78. The molecule has 1 saturated heterocycles. The van der Waals surface area contributed by atoms with Crippen molar-refractivity contribution in [3.8, 4) is 11.5 Å². The molecule has 20 heavy (non-hydrogen) atoms. The molecule has 1 aromatic rings. The zero-order chi connectivity index (χ0) is 13.6.